The van der Waals surface area contributed by atoms with Gasteiger partial charge in [-0.05, 0) is 28.8 Å². The minimum atomic E-state index is -0.355. The van der Waals surface area contributed by atoms with E-state index in [1.807, 2.05) is 60.7 Å². The van der Waals surface area contributed by atoms with Crippen LogP contribution in [0.2, 0.25) is 0 Å². The van der Waals surface area contributed by atoms with Crippen molar-refractivity contribution in [1.29, 1.82) is 0 Å². The second-order valence-electron chi connectivity index (χ2n) is 7.07. The third kappa shape index (κ3) is 7.51. The molecule has 0 aliphatic heterocycles. The SMILES string of the molecule is O=C(CCC(=O)N(Cc1ccccc1)Cc1ccccc1)NN=Cc1ccc(F)cc1. The number of nitrogens with zero attached hydrogens (tertiary/aromatic N) is 2. The fourth-order valence-corrected chi connectivity index (χ4v) is 3.00. The van der Waals surface area contributed by atoms with Crippen molar-refractivity contribution in [2.24, 2.45) is 5.10 Å². The summed E-state index contributed by atoms with van der Waals surface area (Å²) in [6, 6.07) is 25.3. The normalized spacial score (nSPS) is 10.7. The number of rotatable bonds is 9. The van der Waals surface area contributed by atoms with E-state index in [0.717, 1.165) is 11.1 Å². The van der Waals surface area contributed by atoms with E-state index >= 15 is 0 Å². The molecule has 3 aromatic carbocycles. The molecular weight excluding hydrogens is 393 g/mol. The van der Waals surface area contributed by atoms with Crippen molar-refractivity contribution in [1.82, 2.24) is 10.3 Å². The summed E-state index contributed by atoms with van der Waals surface area (Å²) < 4.78 is 12.9. The summed E-state index contributed by atoms with van der Waals surface area (Å²) >= 11 is 0. The second kappa shape index (κ2) is 11.4. The van der Waals surface area contributed by atoms with Gasteiger partial charge in [-0.15, -0.1) is 0 Å². The Labute approximate surface area is 181 Å². The molecule has 0 aliphatic rings. The second-order valence-corrected chi connectivity index (χ2v) is 7.07. The number of benzene rings is 3. The van der Waals surface area contributed by atoms with Gasteiger partial charge >= 0.3 is 0 Å². The zero-order chi connectivity index (χ0) is 21.9. The fourth-order valence-electron chi connectivity index (χ4n) is 3.00. The highest BCUT2D eigenvalue weighted by Crippen LogP contribution is 2.12. The lowest BCUT2D eigenvalue weighted by Gasteiger charge is -2.23. The Morgan fingerprint density at radius 1 is 0.806 bits per heavy atom. The fraction of sp³-hybridized carbons (Fsp3) is 0.160. The third-order valence-electron chi connectivity index (χ3n) is 4.62. The third-order valence-corrected chi connectivity index (χ3v) is 4.62. The number of carbonyl (C=O) groups is 2. The highest BCUT2D eigenvalue weighted by atomic mass is 19.1. The number of hydrogen-bond donors (Lipinski definition) is 1. The summed E-state index contributed by atoms with van der Waals surface area (Å²) in [5.74, 6) is -0.799. The first-order valence-corrected chi connectivity index (χ1v) is 10.0. The van der Waals surface area contributed by atoms with Crippen molar-refractivity contribution < 1.29 is 14.0 Å². The summed E-state index contributed by atoms with van der Waals surface area (Å²) in [4.78, 5) is 26.7. The number of nitrogens with one attached hydrogen (secondary N) is 1. The highest BCUT2D eigenvalue weighted by Gasteiger charge is 2.16. The Balaban J connectivity index is 1.54. The van der Waals surface area contributed by atoms with Crippen LogP contribution in [0, 0.1) is 5.82 Å². The summed E-state index contributed by atoms with van der Waals surface area (Å²) in [6.45, 7) is 0.942. The van der Waals surface area contributed by atoms with Gasteiger partial charge in [0.05, 0.1) is 6.21 Å². The molecule has 0 fully saturated rings. The number of carbonyl (C=O) groups excluding carboxylic acids is 2. The molecule has 0 aliphatic carbocycles. The smallest absolute Gasteiger partial charge is 0.240 e. The summed E-state index contributed by atoms with van der Waals surface area (Å²) in [6.07, 6.45) is 1.54. The molecule has 0 bridgehead atoms. The molecule has 0 atom stereocenters. The average molecular weight is 417 g/mol. The maximum Gasteiger partial charge on any atom is 0.240 e. The van der Waals surface area contributed by atoms with Gasteiger partial charge in [-0.2, -0.15) is 5.10 Å². The minimum absolute atomic E-state index is 0.0275. The van der Waals surface area contributed by atoms with Crippen molar-refractivity contribution in [2.45, 2.75) is 25.9 Å². The molecule has 0 unspecified atom stereocenters. The first kappa shape index (κ1) is 21.9. The Kier molecular flexibility index (Phi) is 8.05. The zero-order valence-corrected chi connectivity index (χ0v) is 17.1. The molecule has 0 heterocycles. The van der Waals surface area contributed by atoms with Gasteiger partial charge in [-0.3, -0.25) is 9.59 Å². The monoisotopic (exact) mass is 417 g/mol. The molecular formula is C25H24FN3O2. The van der Waals surface area contributed by atoms with E-state index < -0.39 is 0 Å². The van der Waals surface area contributed by atoms with Crippen molar-refractivity contribution in [3.8, 4) is 0 Å². The van der Waals surface area contributed by atoms with Crippen molar-refractivity contribution in [2.75, 3.05) is 0 Å². The summed E-state index contributed by atoms with van der Waals surface area (Å²) in [5.41, 5.74) is 5.12. The molecule has 0 radical (unpaired) electrons. The van der Waals surface area contributed by atoms with E-state index in [9.17, 15) is 14.0 Å². The predicted molar refractivity (Wildman–Crippen MR) is 119 cm³/mol. The molecule has 5 nitrogen and oxygen atoms in total. The summed E-state index contributed by atoms with van der Waals surface area (Å²) in [7, 11) is 0. The minimum Gasteiger partial charge on any atom is -0.334 e. The first-order valence-electron chi connectivity index (χ1n) is 10.0. The van der Waals surface area contributed by atoms with Crippen LogP contribution in [0.3, 0.4) is 0 Å². The van der Waals surface area contributed by atoms with Crippen molar-refractivity contribution >= 4 is 18.0 Å². The number of hydrogen-bond acceptors (Lipinski definition) is 3. The van der Waals surface area contributed by atoms with E-state index in [0.29, 0.717) is 18.7 Å². The lowest BCUT2D eigenvalue weighted by molar-refractivity contribution is -0.134. The maximum atomic E-state index is 12.9. The Morgan fingerprint density at radius 3 is 1.90 bits per heavy atom. The molecule has 0 aromatic heterocycles. The van der Waals surface area contributed by atoms with E-state index in [1.165, 1.54) is 18.3 Å². The molecule has 1 N–H and O–H groups in total. The van der Waals surface area contributed by atoms with Crippen LogP contribution in [0.5, 0.6) is 0 Å². The van der Waals surface area contributed by atoms with Gasteiger partial charge in [0.1, 0.15) is 5.82 Å². The van der Waals surface area contributed by atoms with E-state index in [2.05, 4.69) is 10.5 Å². The molecule has 6 heteroatoms. The molecule has 31 heavy (non-hydrogen) atoms. The lowest BCUT2D eigenvalue weighted by Crippen LogP contribution is -2.31. The van der Waals surface area contributed by atoms with Crippen LogP contribution >= 0.6 is 0 Å². The summed E-state index contributed by atoms with van der Waals surface area (Å²) in [5, 5.41) is 3.86. The highest BCUT2D eigenvalue weighted by molar-refractivity contribution is 5.85. The van der Waals surface area contributed by atoms with Gasteiger partial charge in [-0.25, -0.2) is 9.82 Å². The van der Waals surface area contributed by atoms with Gasteiger partial charge in [0.2, 0.25) is 11.8 Å². The average Bonchev–Trinajstić information content (AvgIpc) is 2.80. The zero-order valence-electron chi connectivity index (χ0n) is 17.1. The van der Waals surface area contributed by atoms with Crippen LogP contribution < -0.4 is 5.43 Å². The predicted octanol–water partition coefficient (Wildman–Crippen LogP) is 4.29. The Bertz CT molecular complexity index is 964. The number of halogens is 1. The Morgan fingerprint density at radius 2 is 1.35 bits per heavy atom. The van der Waals surface area contributed by atoms with E-state index in [-0.39, 0.29) is 30.5 Å². The quantitative estimate of drug-likeness (QED) is 0.417. The topological polar surface area (TPSA) is 61.8 Å². The van der Waals surface area contributed by atoms with Gasteiger partial charge in [0.25, 0.3) is 0 Å². The molecule has 0 saturated heterocycles. The Hall–Kier alpha value is -3.80. The molecule has 3 rings (SSSR count). The van der Waals surface area contributed by atoms with Crippen LogP contribution in [0.15, 0.2) is 90.0 Å². The maximum absolute atomic E-state index is 12.9. The van der Waals surface area contributed by atoms with Gasteiger partial charge < -0.3 is 4.90 Å². The van der Waals surface area contributed by atoms with Gasteiger partial charge in [0.15, 0.2) is 0 Å². The van der Waals surface area contributed by atoms with Crippen molar-refractivity contribution in [3.63, 3.8) is 0 Å². The van der Waals surface area contributed by atoms with E-state index in [4.69, 9.17) is 0 Å². The van der Waals surface area contributed by atoms with Crippen LogP contribution in [-0.4, -0.2) is 22.9 Å². The van der Waals surface area contributed by atoms with Gasteiger partial charge in [0, 0.05) is 25.9 Å². The van der Waals surface area contributed by atoms with Crippen molar-refractivity contribution in [3.05, 3.63) is 107 Å². The standard InChI is InChI=1S/C25H24FN3O2/c26-23-13-11-20(12-14-23)17-27-28-24(30)15-16-25(31)29(18-21-7-3-1-4-8-21)19-22-9-5-2-6-10-22/h1-14,17H,15-16,18-19H2,(H,28,30). The largest absolute Gasteiger partial charge is 0.334 e. The molecule has 0 spiro atoms. The van der Waals surface area contributed by atoms with Crippen LogP contribution in [0.25, 0.3) is 0 Å². The number of hydrazone groups is 1. The van der Waals surface area contributed by atoms with E-state index in [1.54, 1.807) is 17.0 Å². The molecule has 2 amide bonds. The lowest BCUT2D eigenvalue weighted by atomic mass is 10.1. The first-order chi connectivity index (χ1) is 15.1. The number of amides is 2. The van der Waals surface area contributed by atoms with Crippen LogP contribution in [-0.2, 0) is 22.7 Å². The van der Waals surface area contributed by atoms with Crippen LogP contribution in [0.1, 0.15) is 29.5 Å². The molecule has 158 valence electrons. The van der Waals surface area contributed by atoms with Gasteiger partial charge in [-0.1, -0.05) is 72.8 Å². The molecule has 0 saturated carbocycles. The van der Waals surface area contributed by atoms with Crippen LogP contribution in [0.4, 0.5) is 4.39 Å². The molecule has 3 aromatic rings.